The highest BCUT2D eigenvalue weighted by Crippen LogP contribution is 2.17. The van der Waals surface area contributed by atoms with Gasteiger partial charge in [-0.15, -0.1) is 0 Å². The van der Waals surface area contributed by atoms with E-state index in [9.17, 15) is 4.79 Å². The van der Waals surface area contributed by atoms with Gasteiger partial charge in [0.1, 0.15) is 12.4 Å². The SMILES string of the molecule is CN=C(COc1cccc(CNc2ccc(CCC(=O)O)cc2)c1)c1ccccc1. The molecule has 0 radical (unpaired) electrons. The van der Waals surface area contributed by atoms with E-state index in [4.69, 9.17) is 9.84 Å². The number of benzene rings is 3. The maximum Gasteiger partial charge on any atom is 0.303 e. The number of hydrogen-bond donors (Lipinski definition) is 2. The fraction of sp³-hybridized carbons (Fsp3) is 0.200. The summed E-state index contributed by atoms with van der Waals surface area (Å²) in [5, 5.41) is 12.2. The molecular weight excluding hydrogens is 376 g/mol. The van der Waals surface area contributed by atoms with E-state index in [2.05, 4.69) is 10.3 Å². The number of carboxylic acids is 1. The minimum absolute atomic E-state index is 0.147. The summed E-state index contributed by atoms with van der Waals surface area (Å²) in [5.74, 6) is 0.0239. The Morgan fingerprint density at radius 2 is 1.73 bits per heavy atom. The van der Waals surface area contributed by atoms with Gasteiger partial charge < -0.3 is 15.2 Å². The van der Waals surface area contributed by atoms with Crippen molar-refractivity contribution in [3.63, 3.8) is 0 Å². The van der Waals surface area contributed by atoms with Crippen LogP contribution in [0.2, 0.25) is 0 Å². The predicted molar refractivity (Wildman–Crippen MR) is 121 cm³/mol. The maximum absolute atomic E-state index is 10.7. The number of nitrogens with zero attached hydrogens (tertiary/aromatic N) is 1. The number of aryl methyl sites for hydroxylation is 1. The molecule has 0 aliphatic carbocycles. The molecule has 154 valence electrons. The molecule has 0 atom stereocenters. The second-order valence-corrected chi connectivity index (χ2v) is 6.92. The summed E-state index contributed by atoms with van der Waals surface area (Å²) >= 11 is 0. The number of carboxylic acid groups (broad SMARTS) is 1. The molecular formula is C25H26N2O3. The van der Waals surface area contributed by atoms with Crippen molar-refractivity contribution in [2.75, 3.05) is 19.0 Å². The van der Waals surface area contributed by atoms with Crippen molar-refractivity contribution in [2.45, 2.75) is 19.4 Å². The fourth-order valence-electron chi connectivity index (χ4n) is 3.05. The van der Waals surface area contributed by atoms with E-state index in [-0.39, 0.29) is 6.42 Å². The highest BCUT2D eigenvalue weighted by Gasteiger charge is 2.05. The Balaban J connectivity index is 1.53. The Morgan fingerprint density at radius 1 is 0.967 bits per heavy atom. The topological polar surface area (TPSA) is 70.9 Å². The van der Waals surface area contributed by atoms with E-state index in [1.807, 2.05) is 78.9 Å². The zero-order valence-corrected chi connectivity index (χ0v) is 17.0. The lowest BCUT2D eigenvalue weighted by Gasteiger charge is -2.11. The first kappa shape index (κ1) is 21.1. The maximum atomic E-state index is 10.7. The fourth-order valence-corrected chi connectivity index (χ4v) is 3.05. The van der Waals surface area contributed by atoms with Gasteiger partial charge in [-0.05, 0) is 47.4 Å². The third-order valence-electron chi connectivity index (χ3n) is 4.73. The van der Waals surface area contributed by atoms with E-state index >= 15 is 0 Å². The number of aliphatic imine (C=N–C) groups is 1. The molecule has 5 heteroatoms. The van der Waals surface area contributed by atoms with Crippen molar-refractivity contribution < 1.29 is 14.6 Å². The number of carbonyl (C=O) groups is 1. The van der Waals surface area contributed by atoms with Gasteiger partial charge in [0, 0.05) is 25.7 Å². The van der Waals surface area contributed by atoms with E-state index in [0.29, 0.717) is 19.6 Å². The van der Waals surface area contributed by atoms with E-state index in [1.54, 1.807) is 7.05 Å². The highest BCUT2D eigenvalue weighted by atomic mass is 16.5. The van der Waals surface area contributed by atoms with Crippen LogP contribution in [0.5, 0.6) is 5.75 Å². The second-order valence-electron chi connectivity index (χ2n) is 6.92. The lowest BCUT2D eigenvalue weighted by atomic mass is 10.1. The molecule has 0 unspecified atom stereocenters. The summed E-state index contributed by atoms with van der Waals surface area (Å²) < 4.78 is 5.96. The van der Waals surface area contributed by atoms with Crippen molar-refractivity contribution in [3.8, 4) is 5.75 Å². The molecule has 3 aromatic carbocycles. The average Bonchev–Trinajstić information content (AvgIpc) is 2.78. The first-order valence-electron chi connectivity index (χ1n) is 9.91. The van der Waals surface area contributed by atoms with Gasteiger partial charge in [0.15, 0.2) is 0 Å². The Kier molecular flexibility index (Phi) is 7.61. The minimum atomic E-state index is -0.777. The zero-order valence-electron chi connectivity index (χ0n) is 17.0. The normalized spacial score (nSPS) is 11.2. The number of rotatable bonds is 10. The van der Waals surface area contributed by atoms with Gasteiger partial charge >= 0.3 is 5.97 Å². The largest absolute Gasteiger partial charge is 0.487 e. The van der Waals surface area contributed by atoms with Crippen LogP contribution in [0.3, 0.4) is 0 Å². The monoisotopic (exact) mass is 402 g/mol. The Hall–Kier alpha value is -3.60. The number of hydrogen-bond acceptors (Lipinski definition) is 4. The van der Waals surface area contributed by atoms with Crippen LogP contribution in [0.15, 0.2) is 83.9 Å². The summed E-state index contributed by atoms with van der Waals surface area (Å²) in [5.41, 5.74) is 5.08. The van der Waals surface area contributed by atoms with Crippen LogP contribution in [0.1, 0.15) is 23.1 Å². The zero-order chi connectivity index (χ0) is 21.2. The molecule has 0 spiro atoms. The van der Waals surface area contributed by atoms with Crippen molar-refractivity contribution >= 4 is 17.4 Å². The van der Waals surface area contributed by atoms with E-state index in [0.717, 1.165) is 33.8 Å². The lowest BCUT2D eigenvalue weighted by Crippen LogP contribution is -2.13. The Labute approximate surface area is 177 Å². The Bertz CT molecular complexity index is 983. The quantitative estimate of drug-likeness (QED) is 0.477. The lowest BCUT2D eigenvalue weighted by molar-refractivity contribution is -0.136. The first-order valence-corrected chi connectivity index (χ1v) is 9.91. The summed E-state index contributed by atoms with van der Waals surface area (Å²) in [6.07, 6.45) is 0.690. The molecule has 0 fully saturated rings. The van der Waals surface area contributed by atoms with Gasteiger partial charge in [0.05, 0.1) is 5.71 Å². The van der Waals surface area contributed by atoms with Gasteiger partial charge in [-0.3, -0.25) is 9.79 Å². The number of aliphatic carboxylic acids is 1. The van der Waals surface area contributed by atoms with Crippen LogP contribution >= 0.6 is 0 Å². The van der Waals surface area contributed by atoms with E-state index in [1.165, 1.54) is 0 Å². The van der Waals surface area contributed by atoms with Crippen LogP contribution in [-0.4, -0.2) is 30.4 Å². The molecule has 0 amide bonds. The molecule has 3 rings (SSSR count). The van der Waals surface area contributed by atoms with Crippen molar-refractivity contribution in [2.24, 2.45) is 4.99 Å². The summed E-state index contributed by atoms with van der Waals surface area (Å²) in [4.78, 5) is 15.0. The summed E-state index contributed by atoms with van der Waals surface area (Å²) in [6.45, 7) is 1.08. The molecule has 0 bridgehead atoms. The van der Waals surface area contributed by atoms with Crippen LogP contribution in [0.25, 0.3) is 0 Å². The standard InChI is InChI=1S/C25H26N2O3/c1-26-24(21-7-3-2-4-8-21)18-30-23-9-5-6-20(16-23)17-27-22-13-10-19(11-14-22)12-15-25(28)29/h2-11,13-14,16,27H,12,15,17-18H2,1H3,(H,28,29). The molecule has 5 nitrogen and oxygen atoms in total. The van der Waals surface area contributed by atoms with Gasteiger partial charge in [-0.1, -0.05) is 54.6 Å². The van der Waals surface area contributed by atoms with Crippen LogP contribution in [-0.2, 0) is 17.8 Å². The molecule has 0 aliphatic rings. The third-order valence-corrected chi connectivity index (χ3v) is 4.73. The molecule has 3 aromatic rings. The molecule has 0 aromatic heterocycles. The van der Waals surface area contributed by atoms with E-state index < -0.39 is 5.97 Å². The highest BCUT2D eigenvalue weighted by molar-refractivity contribution is 6.01. The average molecular weight is 402 g/mol. The summed E-state index contributed by atoms with van der Waals surface area (Å²) in [6, 6.07) is 25.9. The minimum Gasteiger partial charge on any atom is -0.487 e. The molecule has 0 saturated carbocycles. The number of ether oxygens (including phenoxy) is 1. The second kappa shape index (κ2) is 10.8. The van der Waals surface area contributed by atoms with Crippen molar-refractivity contribution in [3.05, 3.63) is 95.6 Å². The van der Waals surface area contributed by atoms with Crippen molar-refractivity contribution in [1.82, 2.24) is 0 Å². The molecule has 30 heavy (non-hydrogen) atoms. The molecule has 0 aliphatic heterocycles. The molecule has 0 saturated heterocycles. The van der Waals surface area contributed by atoms with Crippen LogP contribution < -0.4 is 10.1 Å². The third kappa shape index (κ3) is 6.48. The van der Waals surface area contributed by atoms with Crippen LogP contribution in [0.4, 0.5) is 5.69 Å². The van der Waals surface area contributed by atoms with Gasteiger partial charge in [0.2, 0.25) is 0 Å². The van der Waals surface area contributed by atoms with Gasteiger partial charge in [-0.25, -0.2) is 0 Å². The van der Waals surface area contributed by atoms with Gasteiger partial charge in [0.25, 0.3) is 0 Å². The number of anilines is 1. The van der Waals surface area contributed by atoms with Crippen LogP contribution in [0, 0.1) is 0 Å². The van der Waals surface area contributed by atoms with Crippen molar-refractivity contribution in [1.29, 1.82) is 0 Å². The first-order chi connectivity index (χ1) is 14.6. The van der Waals surface area contributed by atoms with Gasteiger partial charge in [-0.2, -0.15) is 0 Å². The number of nitrogens with one attached hydrogen (secondary N) is 1. The molecule has 2 N–H and O–H groups in total. The Morgan fingerprint density at radius 3 is 2.43 bits per heavy atom. The predicted octanol–water partition coefficient (Wildman–Crippen LogP) is 4.81. The smallest absolute Gasteiger partial charge is 0.303 e. The summed E-state index contributed by atoms with van der Waals surface area (Å²) in [7, 11) is 1.78. The molecule has 0 heterocycles.